The molecule has 0 radical (unpaired) electrons. The quantitative estimate of drug-likeness (QED) is 0.813. The first-order valence-corrected chi connectivity index (χ1v) is 6.28. The van der Waals surface area contributed by atoms with Gasteiger partial charge in [0.25, 0.3) is 0 Å². The highest BCUT2D eigenvalue weighted by Crippen LogP contribution is 2.08. The minimum Gasteiger partial charge on any atom is -0.311 e. The third-order valence-electron chi connectivity index (χ3n) is 3.44. The second kappa shape index (κ2) is 6.17. The van der Waals surface area contributed by atoms with Crippen molar-refractivity contribution in [1.82, 2.24) is 20.0 Å². The third kappa shape index (κ3) is 3.82. The Morgan fingerprint density at radius 3 is 2.47 bits per heavy atom. The molecule has 0 aliphatic heterocycles. The Labute approximate surface area is 105 Å². The molecule has 0 fully saturated rings. The number of likely N-dealkylation sites (N-methyl/N-ethyl adjacent to an activating group) is 1. The summed E-state index contributed by atoms with van der Waals surface area (Å²) in [5.41, 5.74) is 2.53. The van der Waals surface area contributed by atoms with Crippen LogP contribution in [-0.2, 0) is 13.6 Å². The van der Waals surface area contributed by atoms with Crippen LogP contribution in [0.2, 0.25) is 0 Å². The minimum atomic E-state index is 0.576. The van der Waals surface area contributed by atoms with E-state index in [0.29, 0.717) is 12.0 Å². The number of aryl methyl sites for hydroxylation is 1. The normalized spacial score (nSPS) is 13.6. The van der Waals surface area contributed by atoms with Gasteiger partial charge in [-0.25, -0.2) is 0 Å². The van der Waals surface area contributed by atoms with E-state index in [9.17, 15) is 0 Å². The molecule has 0 aromatic carbocycles. The van der Waals surface area contributed by atoms with E-state index in [4.69, 9.17) is 0 Å². The highest BCUT2D eigenvalue weighted by Gasteiger charge is 2.15. The standard InChI is InChI=1S/C13H26N4/c1-10(2)13(16(4)5)9-14-7-12-8-15-17(6)11(12)3/h8,10,13-14H,7,9H2,1-6H3. The summed E-state index contributed by atoms with van der Waals surface area (Å²) >= 11 is 0. The van der Waals surface area contributed by atoms with Crippen molar-refractivity contribution < 1.29 is 0 Å². The van der Waals surface area contributed by atoms with E-state index < -0.39 is 0 Å². The summed E-state index contributed by atoms with van der Waals surface area (Å²) in [7, 11) is 6.26. The summed E-state index contributed by atoms with van der Waals surface area (Å²) in [4.78, 5) is 2.29. The molecule has 1 atom stereocenters. The monoisotopic (exact) mass is 238 g/mol. The molecule has 0 spiro atoms. The number of rotatable bonds is 6. The Morgan fingerprint density at radius 2 is 2.06 bits per heavy atom. The molecular formula is C13H26N4. The predicted octanol–water partition coefficient (Wildman–Crippen LogP) is 1.40. The molecule has 1 aromatic rings. The minimum absolute atomic E-state index is 0.576. The largest absolute Gasteiger partial charge is 0.311 e. The molecule has 1 rings (SSSR count). The Bertz CT molecular complexity index is 333. The fourth-order valence-corrected chi connectivity index (χ4v) is 2.09. The summed E-state index contributed by atoms with van der Waals surface area (Å²) < 4.78 is 1.92. The second-order valence-electron chi connectivity index (χ2n) is 5.28. The fraction of sp³-hybridized carbons (Fsp3) is 0.769. The van der Waals surface area contributed by atoms with Crippen LogP contribution >= 0.6 is 0 Å². The average molecular weight is 238 g/mol. The first-order chi connectivity index (χ1) is 7.93. The van der Waals surface area contributed by atoms with Gasteiger partial charge >= 0.3 is 0 Å². The van der Waals surface area contributed by atoms with Gasteiger partial charge in [-0.05, 0) is 26.9 Å². The third-order valence-corrected chi connectivity index (χ3v) is 3.44. The molecule has 17 heavy (non-hydrogen) atoms. The van der Waals surface area contributed by atoms with Crippen molar-refractivity contribution in [2.24, 2.45) is 13.0 Å². The van der Waals surface area contributed by atoms with E-state index in [0.717, 1.165) is 13.1 Å². The molecule has 0 bridgehead atoms. The van der Waals surface area contributed by atoms with E-state index in [2.05, 4.69) is 50.2 Å². The van der Waals surface area contributed by atoms with Crippen LogP contribution in [0, 0.1) is 12.8 Å². The maximum absolute atomic E-state index is 4.25. The lowest BCUT2D eigenvalue weighted by Gasteiger charge is -2.28. The number of nitrogens with zero attached hydrogens (tertiary/aromatic N) is 3. The summed E-state index contributed by atoms with van der Waals surface area (Å²) in [6.45, 7) is 8.55. The van der Waals surface area contributed by atoms with Crippen LogP contribution in [0.5, 0.6) is 0 Å². The van der Waals surface area contributed by atoms with Gasteiger partial charge in [0.1, 0.15) is 0 Å². The van der Waals surface area contributed by atoms with Gasteiger partial charge in [0.2, 0.25) is 0 Å². The molecule has 4 heteroatoms. The number of hydrogen-bond donors (Lipinski definition) is 1. The van der Waals surface area contributed by atoms with Gasteiger partial charge in [0.05, 0.1) is 6.20 Å². The van der Waals surface area contributed by atoms with Crippen molar-refractivity contribution >= 4 is 0 Å². The zero-order valence-corrected chi connectivity index (χ0v) is 12.0. The number of nitrogens with one attached hydrogen (secondary N) is 1. The molecule has 4 nitrogen and oxygen atoms in total. The van der Waals surface area contributed by atoms with Crippen LogP contribution in [0.25, 0.3) is 0 Å². The average Bonchev–Trinajstić information content (AvgIpc) is 2.54. The van der Waals surface area contributed by atoms with Gasteiger partial charge < -0.3 is 10.2 Å². The highest BCUT2D eigenvalue weighted by atomic mass is 15.3. The van der Waals surface area contributed by atoms with Crippen molar-refractivity contribution in [1.29, 1.82) is 0 Å². The highest BCUT2D eigenvalue weighted by molar-refractivity contribution is 5.15. The molecule has 1 heterocycles. The maximum atomic E-state index is 4.25. The lowest BCUT2D eigenvalue weighted by molar-refractivity contribution is 0.224. The molecule has 98 valence electrons. The molecular weight excluding hydrogens is 212 g/mol. The Morgan fingerprint density at radius 1 is 1.41 bits per heavy atom. The van der Waals surface area contributed by atoms with Gasteiger partial charge in [0.15, 0.2) is 0 Å². The molecule has 0 saturated heterocycles. The van der Waals surface area contributed by atoms with Crippen LogP contribution in [0.1, 0.15) is 25.1 Å². The van der Waals surface area contributed by atoms with E-state index in [-0.39, 0.29) is 0 Å². The molecule has 0 saturated carbocycles. The van der Waals surface area contributed by atoms with Crippen LogP contribution in [0.3, 0.4) is 0 Å². The summed E-state index contributed by atoms with van der Waals surface area (Å²) in [6.07, 6.45) is 1.95. The summed E-state index contributed by atoms with van der Waals surface area (Å²) in [6, 6.07) is 0.576. The second-order valence-corrected chi connectivity index (χ2v) is 5.28. The van der Waals surface area contributed by atoms with Gasteiger partial charge in [0, 0.05) is 37.4 Å². The van der Waals surface area contributed by atoms with Gasteiger partial charge in [-0.1, -0.05) is 13.8 Å². The Balaban J connectivity index is 2.44. The zero-order valence-electron chi connectivity index (χ0n) is 12.0. The molecule has 1 N–H and O–H groups in total. The molecule has 0 aliphatic rings. The SMILES string of the molecule is Cc1c(CNCC(C(C)C)N(C)C)cnn1C. The first kappa shape index (κ1) is 14.2. The van der Waals surface area contributed by atoms with Gasteiger partial charge in [-0.3, -0.25) is 4.68 Å². The van der Waals surface area contributed by atoms with Crippen LogP contribution < -0.4 is 5.32 Å². The topological polar surface area (TPSA) is 33.1 Å². The van der Waals surface area contributed by atoms with Gasteiger partial charge in [-0.2, -0.15) is 5.10 Å². The van der Waals surface area contributed by atoms with E-state index in [1.807, 2.05) is 17.9 Å². The maximum Gasteiger partial charge on any atom is 0.0537 e. The number of hydrogen-bond acceptors (Lipinski definition) is 3. The molecule has 0 amide bonds. The van der Waals surface area contributed by atoms with Crippen molar-refractivity contribution in [2.45, 2.75) is 33.4 Å². The van der Waals surface area contributed by atoms with Gasteiger partial charge in [-0.15, -0.1) is 0 Å². The van der Waals surface area contributed by atoms with Crippen molar-refractivity contribution in [3.05, 3.63) is 17.5 Å². The lowest BCUT2D eigenvalue weighted by atomic mass is 10.0. The van der Waals surface area contributed by atoms with Crippen LogP contribution in [0.4, 0.5) is 0 Å². The Kier molecular flexibility index (Phi) is 5.15. The summed E-state index contributed by atoms with van der Waals surface area (Å²) in [5.74, 6) is 0.660. The van der Waals surface area contributed by atoms with Crippen molar-refractivity contribution in [2.75, 3.05) is 20.6 Å². The molecule has 1 aromatic heterocycles. The zero-order chi connectivity index (χ0) is 13.0. The molecule has 0 aliphatic carbocycles. The summed E-state index contributed by atoms with van der Waals surface area (Å²) in [5, 5.41) is 7.77. The van der Waals surface area contributed by atoms with Crippen molar-refractivity contribution in [3.8, 4) is 0 Å². The van der Waals surface area contributed by atoms with Crippen molar-refractivity contribution in [3.63, 3.8) is 0 Å². The predicted molar refractivity (Wildman–Crippen MR) is 72.0 cm³/mol. The van der Waals surface area contributed by atoms with Crippen LogP contribution in [-0.4, -0.2) is 41.4 Å². The molecule has 1 unspecified atom stereocenters. The Hall–Kier alpha value is -0.870. The fourth-order valence-electron chi connectivity index (χ4n) is 2.09. The van der Waals surface area contributed by atoms with Crippen LogP contribution in [0.15, 0.2) is 6.20 Å². The smallest absolute Gasteiger partial charge is 0.0537 e. The van der Waals surface area contributed by atoms with E-state index in [1.165, 1.54) is 11.3 Å². The number of aromatic nitrogens is 2. The lowest BCUT2D eigenvalue weighted by Crippen LogP contribution is -2.41. The van der Waals surface area contributed by atoms with E-state index >= 15 is 0 Å². The van der Waals surface area contributed by atoms with E-state index in [1.54, 1.807) is 0 Å². The first-order valence-electron chi connectivity index (χ1n) is 6.28.